The molecule has 4 rings (SSSR count). The van der Waals surface area contributed by atoms with Crippen LogP contribution in [0.5, 0.6) is 0 Å². The van der Waals surface area contributed by atoms with Gasteiger partial charge in [-0.05, 0) is 24.7 Å². The van der Waals surface area contributed by atoms with E-state index in [9.17, 15) is 9.90 Å². The third-order valence-corrected chi connectivity index (χ3v) is 3.71. The summed E-state index contributed by atoms with van der Waals surface area (Å²) in [6, 6.07) is 0. The van der Waals surface area contributed by atoms with Crippen molar-refractivity contribution in [3.63, 3.8) is 0 Å². The predicted octanol–water partition coefficient (Wildman–Crippen LogP) is 1.84. The fourth-order valence-electron chi connectivity index (χ4n) is 3.12. The van der Waals surface area contributed by atoms with Crippen molar-refractivity contribution in [2.24, 2.45) is 23.7 Å². The maximum absolute atomic E-state index is 11.5. The molecule has 13 heavy (non-hydrogen) atoms. The molecule has 0 aromatic rings. The van der Waals surface area contributed by atoms with Gasteiger partial charge >= 0.3 is 0 Å². The van der Waals surface area contributed by atoms with Crippen LogP contribution in [0.1, 0.15) is 12.8 Å². The Morgan fingerprint density at radius 1 is 1.15 bits per heavy atom. The lowest BCUT2D eigenvalue weighted by atomic mass is 9.63. The second-order valence-electron chi connectivity index (χ2n) is 4.31. The fraction of sp³-hybridized carbons (Fsp3) is 0.545. The molecule has 0 aromatic heterocycles. The first-order valence-electron chi connectivity index (χ1n) is 4.90. The highest BCUT2D eigenvalue weighted by Gasteiger charge is 2.49. The fourth-order valence-corrected chi connectivity index (χ4v) is 3.12. The monoisotopic (exact) mass is 176 g/mol. The molecule has 1 fully saturated rings. The van der Waals surface area contributed by atoms with Gasteiger partial charge in [-0.2, -0.15) is 0 Å². The Balaban J connectivity index is 2.07. The van der Waals surface area contributed by atoms with Gasteiger partial charge in [0.15, 0.2) is 5.78 Å². The highest BCUT2D eigenvalue weighted by Crippen LogP contribution is 2.50. The topological polar surface area (TPSA) is 37.3 Å². The second kappa shape index (κ2) is 2.25. The Bertz CT molecular complexity index is 327. The van der Waals surface area contributed by atoms with Gasteiger partial charge < -0.3 is 5.11 Å². The number of carbonyl (C=O) groups is 1. The molecule has 2 nitrogen and oxygen atoms in total. The predicted molar refractivity (Wildman–Crippen MR) is 48.1 cm³/mol. The molecule has 0 spiro atoms. The average molecular weight is 176 g/mol. The lowest BCUT2D eigenvalue weighted by Crippen LogP contribution is -2.38. The van der Waals surface area contributed by atoms with E-state index in [4.69, 9.17) is 0 Å². The van der Waals surface area contributed by atoms with E-state index in [-0.39, 0.29) is 17.6 Å². The number of aliphatic hydroxyl groups excluding tert-OH is 1. The van der Waals surface area contributed by atoms with Crippen molar-refractivity contribution in [2.75, 3.05) is 0 Å². The first kappa shape index (κ1) is 7.36. The Hall–Kier alpha value is -1.05. The molecular weight excluding hydrogens is 164 g/mol. The number of hydrogen-bond donors (Lipinski definition) is 1. The van der Waals surface area contributed by atoms with Gasteiger partial charge in [-0.3, -0.25) is 4.79 Å². The summed E-state index contributed by atoms with van der Waals surface area (Å²) in [6.45, 7) is 0. The van der Waals surface area contributed by atoms with Crippen molar-refractivity contribution >= 4 is 5.78 Å². The number of carbonyl (C=O) groups excluding carboxylic acids is 1. The molecule has 2 heteroatoms. The number of hydrogen-bond acceptors (Lipinski definition) is 2. The van der Waals surface area contributed by atoms with Crippen LogP contribution in [0.2, 0.25) is 0 Å². The molecule has 1 N–H and O–H groups in total. The molecule has 68 valence electrons. The van der Waals surface area contributed by atoms with Gasteiger partial charge in [0, 0.05) is 17.9 Å². The van der Waals surface area contributed by atoms with Crippen molar-refractivity contribution in [2.45, 2.75) is 12.8 Å². The van der Waals surface area contributed by atoms with Crippen molar-refractivity contribution < 1.29 is 9.90 Å². The summed E-state index contributed by atoms with van der Waals surface area (Å²) < 4.78 is 0. The van der Waals surface area contributed by atoms with Gasteiger partial charge in [-0.15, -0.1) is 0 Å². The van der Waals surface area contributed by atoms with Gasteiger partial charge in [0.05, 0.1) is 0 Å². The number of aliphatic hydroxyl groups is 1. The molecule has 0 aromatic carbocycles. The SMILES string of the molecule is O=C1C=C(O)C2C3C=CC(CC3)C12. The van der Waals surface area contributed by atoms with Crippen LogP contribution in [-0.2, 0) is 4.79 Å². The van der Waals surface area contributed by atoms with E-state index in [1.165, 1.54) is 6.08 Å². The van der Waals surface area contributed by atoms with E-state index in [1.807, 2.05) is 0 Å². The molecule has 4 aliphatic rings. The van der Waals surface area contributed by atoms with Gasteiger partial charge in [-0.25, -0.2) is 0 Å². The summed E-state index contributed by atoms with van der Waals surface area (Å²) in [5.74, 6) is 1.47. The van der Waals surface area contributed by atoms with Gasteiger partial charge in [0.2, 0.25) is 0 Å². The van der Waals surface area contributed by atoms with Crippen LogP contribution in [-0.4, -0.2) is 10.9 Å². The Kier molecular flexibility index (Phi) is 1.27. The molecule has 0 radical (unpaired) electrons. The standard InChI is InChI=1S/C11H12O2/c12-8-5-9(13)11-7-2-1-6(3-4-7)10(8)11/h1-2,5-7,10-12H,3-4H2. The van der Waals surface area contributed by atoms with E-state index >= 15 is 0 Å². The van der Waals surface area contributed by atoms with Crippen LogP contribution >= 0.6 is 0 Å². The van der Waals surface area contributed by atoms with E-state index < -0.39 is 0 Å². The zero-order valence-electron chi connectivity index (χ0n) is 7.31. The lowest BCUT2D eigenvalue weighted by molar-refractivity contribution is -0.121. The van der Waals surface area contributed by atoms with Crippen molar-refractivity contribution in [1.29, 1.82) is 0 Å². The zero-order valence-corrected chi connectivity index (χ0v) is 7.31. The van der Waals surface area contributed by atoms with Crippen LogP contribution in [0.3, 0.4) is 0 Å². The van der Waals surface area contributed by atoms with E-state index in [0.717, 1.165) is 12.8 Å². The summed E-state index contributed by atoms with van der Waals surface area (Å²) in [5.41, 5.74) is 0. The summed E-state index contributed by atoms with van der Waals surface area (Å²) in [4.78, 5) is 11.5. The maximum Gasteiger partial charge on any atom is 0.163 e. The summed E-state index contributed by atoms with van der Waals surface area (Å²) in [7, 11) is 0. The zero-order chi connectivity index (χ0) is 9.00. The number of fused-ring (bicyclic) bond motifs is 1. The smallest absolute Gasteiger partial charge is 0.163 e. The van der Waals surface area contributed by atoms with E-state index in [0.29, 0.717) is 17.6 Å². The minimum atomic E-state index is 0.0729. The number of rotatable bonds is 0. The largest absolute Gasteiger partial charge is 0.512 e. The molecule has 4 aliphatic carbocycles. The van der Waals surface area contributed by atoms with Crippen molar-refractivity contribution in [3.8, 4) is 0 Å². The van der Waals surface area contributed by atoms with Crippen molar-refractivity contribution in [1.82, 2.24) is 0 Å². The third kappa shape index (κ3) is 0.808. The van der Waals surface area contributed by atoms with Crippen LogP contribution < -0.4 is 0 Å². The molecule has 1 saturated carbocycles. The van der Waals surface area contributed by atoms with Crippen LogP contribution in [0.15, 0.2) is 24.0 Å². The normalized spacial score (nSPS) is 46.5. The molecule has 0 saturated heterocycles. The average Bonchev–Trinajstić information content (AvgIpc) is 2.47. The summed E-state index contributed by atoms with van der Waals surface area (Å²) >= 11 is 0. The number of allylic oxidation sites excluding steroid dienone is 4. The summed E-state index contributed by atoms with van der Waals surface area (Å²) in [5, 5.41) is 9.62. The highest BCUT2D eigenvalue weighted by molar-refractivity contribution is 5.96. The van der Waals surface area contributed by atoms with Crippen LogP contribution in [0, 0.1) is 23.7 Å². The van der Waals surface area contributed by atoms with Gasteiger partial charge in [0.1, 0.15) is 5.76 Å². The van der Waals surface area contributed by atoms with Gasteiger partial charge in [-0.1, -0.05) is 12.2 Å². The lowest BCUT2D eigenvalue weighted by Gasteiger charge is -2.40. The molecule has 0 heterocycles. The summed E-state index contributed by atoms with van der Waals surface area (Å²) in [6.07, 6.45) is 8.04. The van der Waals surface area contributed by atoms with E-state index in [1.54, 1.807) is 0 Å². The molecule has 0 amide bonds. The van der Waals surface area contributed by atoms with Crippen molar-refractivity contribution in [3.05, 3.63) is 24.0 Å². The molecular formula is C11H12O2. The molecule has 0 aliphatic heterocycles. The first-order valence-corrected chi connectivity index (χ1v) is 4.90. The van der Waals surface area contributed by atoms with Crippen LogP contribution in [0.4, 0.5) is 0 Å². The molecule has 4 atom stereocenters. The Morgan fingerprint density at radius 3 is 2.31 bits per heavy atom. The van der Waals surface area contributed by atoms with Crippen LogP contribution in [0.25, 0.3) is 0 Å². The minimum absolute atomic E-state index is 0.0729. The molecule has 2 bridgehead atoms. The van der Waals surface area contributed by atoms with E-state index in [2.05, 4.69) is 12.2 Å². The third-order valence-electron chi connectivity index (χ3n) is 3.71. The quantitative estimate of drug-likeness (QED) is 0.572. The first-order chi connectivity index (χ1) is 6.27. The maximum atomic E-state index is 11.5. The Labute approximate surface area is 76.9 Å². The number of ketones is 1. The van der Waals surface area contributed by atoms with Gasteiger partial charge in [0.25, 0.3) is 0 Å². The highest BCUT2D eigenvalue weighted by atomic mass is 16.3. The minimum Gasteiger partial charge on any atom is -0.512 e. The second-order valence-corrected chi connectivity index (χ2v) is 4.31. The molecule has 4 unspecified atom stereocenters. The Morgan fingerprint density at radius 2 is 1.77 bits per heavy atom.